The van der Waals surface area contributed by atoms with Crippen molar-refractivity contribution in [3.8, 4) is 0 Å². The van der Waals surface area contributed by atoms with Crippen molar-refractivity contribution in [2.75, 3.05) is 0 Å². The lowest BCUT2D eigenvalue weighted by Crippen LogP contribution is -2.43. The van der Waals surface area contributed by atoms with E-state index in [0.29, 0.717) is 0 Å². The fourth-order valence-electron chi connectivity index (χ4n) is 2.16. The zero-order valence-electron chi connectivity index (χ0n) is 12.8. The molecule has 1 atom stereocenters. The minimum atomic E-state index is -1.60. The largest absolute Gasteiger partial charge is 0.444 e. The van der Waals surface area contributed by atoms with Gasteiger partial charge in [-0.3, -0.25) is 4.79 Å². The van der Waals surface area contributed by atoms with Gasteiger partial charge in [0.15, 0.2) is 0 Å². The quantitative estimate of drug-likeness (QED) is 0.853. The third kappa shape index (κ3) is 4.07. The van der Waals surface area contributed by atoms with E-state index in [-0.39, 0.29) is 6.42 Å². The Morgan fingerprint density at radius 2 is 2.00 bits per heavy atom. The maximum atomic E-state index is 13.2. The van der Waals surface area contributed by atoms with Crippen LogP contribution in [0.3, 0.4) is 0 Å². The average molecular weight is 306 g/mol. The summed E-state index contributed by atoms with van der Waals surface area (Å²) in [6.45, 7) is 5.08. The lowest BCUT2D eigenvalue weighted by Gasteiger charge is -2.21. The van der Waals surface area contributed by atoms with E-state index in [1.54, 1.807) is 27.0 Å². The van der Waals surface area contributed by atoms with Gasteiger partial charge in [-0.2, -0.15) is 4.39 Å². The van der Waals surface area contributed by atoms with Crippen LogP contribution in [-0.4, -0.2) is 28.8 Å². The molecular formula is C16H19FN2O3. The van der Waals surface area contributed by atoms with Gasteiger partial charge in [-0.15, -0.1) is 0 Å². The second-order valence-electron chi connectivity index (χ2n) is 6.07. The predicted octanol–water partition coefficient (Wildman–Crippen LogP) is 3.10. The number of aromatic amines is 1. The minimum absolute atomic E-state index is 0.0542. The van der Waals surface area contributed by atoms with Crippen LogP contribution >= 0.6 is 0 Å². The van der Waals surface area contributed by atoms with Crippen molar-refractivity contribution in [1.82, 2.24) is 10.3 Å². The highest BCUT2D eigenvalue weighted by molar-refractivity contribution is 5.85. The number of hydrogen-bond donors (Lipinski definition) is 2. The van der Waals surface area contributed by atoms with E-state index in [1.165, 1.54) is 0 Å². The van der Waals surface area contributed by atoms with E-state index < -0.39 is 23.8 Å². The molecule has 0 spiro atoms. The summed E-state index contributed by atoms with van der Waals surface area (Å²) in [6, 6.07) is 4.61. The fourth-order valence-corrected chi connectivity index (χ4v) is 2.16. The summed E-state index contributed by atoms with van der Waals surface area (Å²) < 4.78 is 18.3. The summed E-state index contributed by atoms with van der Waals surface area (Å²) in [4.78, 5) is 25.9. The molecule has 0 aliphatic rings. The van der Waals surface area contributed by atoms with Gasteiger partial charge in [-0.05, 0) is 32.4 Å². The van der Waals surface area contributed by atoms with E-state index in [2.05, 4.69) is 10.3 Å². The molecule has 0 bridgehead atoms. The molecule has 2 aromatic rings. The number of alkyl carbamates (subject to hydrolysis) is 1. The number of amides is 1. The SMILES string of the molecule is CC(C)(C)OC(=O)N[C@@H](Cc1c[nH]c2ccccc12)C(=O)F. The van der Waals surface area contributed by atoms with Gasteiger partial charge in [0.1, 0.15) is 11.6 Å². The number of halogens is 1. The molecule has 6 heteroatoms. The van der Waals surface area contributed by atoms with Crippen LogP contribution in [0.15, 0.2) is 30.5 Å². The highest BCUT2D eigenvalue weighted by Crippen LogP contribution is 2.19. The fraction of sp³-hybridized carbons (Fsp3) is 0.375. The number of benzene rings is 1. The molecule has 1 aromatic heterocycles. The van der Waals surface area contributed by atoms with Crippen molar-refractivity contribution in [3.63, 3.8) is 0 Å². The number of aromatic nitrogens is 1. The summed E-state index contributed by atoms with van der Waals surface area (Å²) in [5.41, 5.74) is 0.928. The van der Waals surface area contributed by atoms with Crippen LogP contribution < -0.4 is 5.32 Å². The smallest absolute Gasteiger partial charge is 0.408 e. The molecule has 0 saturated heterocycles. The molecule has 5 nitrogen and oxygen atoms in total. The highest BCUT2D eigenvalue weighted by Gasteiger charge is 2.25. The standard InChI is InChI=1S/C16H19FN2O3/c1-16(2,3)22-15(21)19-13(14(17)20)8-10-9-18-12-7-5-4-6-11(10)12/h4-7,9,13,18H,8H2,1-3H3,(H,19,21)/t13-/m0/s1. The third-order valence-electron chi connectivity index (χ3n) is 3.06. The first-order valence-electron chi connectivity index (χ1n) is 7.00. The average Bonchev–Trinajstić information content (AvgIpc) is 2.79. The highest BCUT2D eigenvalue weighted by atomic mass is 19.1. The van der Waals surface area contributed by atoms with Crippen molar-refractivity contribution in [1.29, 1.82) is 0 Å². The first-order chi connectivity index (χ1) is 10.3. The molecule has 0 aliphatic heterocycles. The van der Waals surface area contributed by atoms with E-state index in [9.17, 15) is 14.0 Å². The molecule has 0 saturated carbocycles. The maximum Gasteiger partial charge on any atom is 0.408 e. The van der Waals surface area contributed by atoms with Crippen LogP contribution in [0.2, 0.25) is 0 Å². The molecule has 0 unspecified atom stereocenters. The number of nitrogens with one attached hydrogen (secondary N) is 2. The molecule has 22 heavy (non-hydrogen) atoms. The van der Waals surface area contributed by atoms with Gasteiger partial charge >= 0.3 is 12.1 Å². The summed E-state index contributed by atoms with van der Waals surface area (Å²) in [6.07, 6.45) is 0.944. The van der Waals surface area contributed by atoms with E-state index in [0.717, 1.165) is 16.5 Å². The lowest BCUT2D eigenvalue weighted by atomic mass is 10.1. The molecule has 2 rings (SSSR count). The number of carbonyl (C=O) groups is 2. The number of para-hydroxylation sites is 1. The Labute approximate surface area is 127 Å². The third-order valence-corrected chi connectivity index (χ3v) is 3.06. The minimum Gasteiger partial charge on any atom is -0.444 e. The number of fused-ring (bicyclic) bond motifs is 1. The van der Waals surface area contributed by atoms with Crippen molar-refractivity contribution in [3.05, 3.63) is 36.0 Å². The van der Waals surface area contributed by atoms with Crippen LogP contribution in [-0.2, 0) is 16.0 Å². The Morgan fingerprint density at radius 3 is 2.64 bits per heavy atom. The Kier molecular flexibility index (Phi) is 4.49. The Morgan fingerprint density at radius 1 is 1.32 bits per heavy atom. The first kappa shape index (κ1) is 16.0. The number of carbonyl (C=O) groups excluding carboxylic acids is 2. The monoisotopic (exact) mass is 306 g/mol. The van der Waals surface area contributed by atoms with Crippen molar-refractivity contribution in [2.24, 2.45) is 0 Å². The summed E-state index contributed by atoms with van der Waals surface area (Å²) >= 11 is 0. The van der Waals surface area contributed by atoms with Crippen LogP contribution in [0.1, 0.15) is 26.3 Å². The van der Waals surface area contributed by atoms with Crippen molar-refractivity contribution in [2.45, 2.75) is 38.8 Å². The number of hydrogen-bond acceptors (Lipinski definition) is 3. The molecule has 0 aliphatic carbocycles. The van der Waals surface area contributed by atoms with Gasteiger partial charge in [0.25, 0.3) is 0 Å². The van der Waals surface area contributed by atoms with Gasteiger partial charge < -0.3 is 15.0 Å². The molecular weight excluding hydrogens is 287 g/mol. The normalized spacial score (nSPS) is 12.9. The maximum absolute atomic E-state index is 13.2. The van der Waals surface area contributed by atoms with Crippen LogP contribution in [0.5, 0.6) is 0 Å². The van der Waals surface area contributed by atoms with Gasteiger partial charge in [0, 0.05) is 23.5 Å². The number of rotatable bonds is 4. The van der Waals surface area contributed by atoms with Gasteiger partial charge in [-0.25, -0.2) is 4.79 Å². The molecule has 2 N–H and O–H groups in total. The van der Waals surface area contributed by atoms with Crippen molar-refractivity contribution >= 4 is 23.0 Å². The Hall–Kier alpha value is -2.37. The van der Waals surface area contributed by atoms with Gasteiger partial charge in [0.05, 0.1) is 0 Å². The van der Waals surface area contributed by atoms with Crippen LogP contribution in [0.4, 0.5) is 9.18 Å². The van der Waals surface area contributed by atoms with Gasteiger partial charge in [0.2, 0.25) is 0 Å². The summed E-state index contributed by atoms with van der Waals surface area (Å²) in [5, 5.41) is 3.17. The Balaban J connectivity index is 2.12. The molecule has 1 aromatic carbocycles. The topological polar surface area (TPSA) is 71.2 Å². The Bertz CT molecular complexity index is 688. The zero-order valence-corrected chi connectivity index (χ0v) is 12.8. The van der Waals surface area contributed by atoms with Crippen LogP contribution in [0, 0.1) is 0 Å². The van der Waals surface area contributed by atoms with Gasteiger partial charge in [-0.1, -0.05) is 18.2 Å². The molecule has 1 amide bonds. The van der Waals surface area contributed by atoms with Crippen LogP contribution in [0.25, 0.3) is 10.9 Å². The molecule has 0 fully saturated rings. The van der Waals surface area contributed by atoms with E-state index >= 15 is 0 Å². The zero-order chi connectivity index (χ0) is 16.3. The molecule has 1 heterocycles. The molecule has 0 radical (unpaired) electrons. The summed E-state index contributed by atoms with van der Waals surface area (Å²) in [5.74, 6) is 0. The van der Waals surface area contributed by atoms with E-state index in [4.69, 9.17) is 4.74 Å². The second-order valence-corrected chi connectivity index (χ2v) is 6.07. The lowest BCUT2D eigenvalue weighted by molar-refractivity contribution is -0.131. The summed E-state index contributed by atoms with van der Waals surface area (Å²) in [7, 11) is 0. The number of H-pyrrole nitrogens is 1. The van der Waals surface area contributed by atoms with Crippen molar-refractivity contribution < 1.29 is 18.7 Å². The molecule has 118 valence electrons. The number of ether oxygens (including phenoxy) is 1. The first-order valence-corrected chi connectivity index (χ1v) is 7.00. The predicted molar refractivity (Wildman–Crippen MR) is 81.3 cm³/mol. The van der Waals surface area contributed by atoms with E-state index in [1.807, 2.05) is 24.3 Å². The second kappa shape index (κ2) is 6.17.